The van der Waals surface area contributed by atoms with Gasteiger partial charge in [0.25, 0.3) is 5.91 Å². The van der Waals surface area contributed by atoms with Crippen LogP contribution in [0.15, 0.2) is 54.6 Å². The summed E-state index contributed by atoms with van der Waals surface area (Å²) < 4.78 is 50.4. The number of nitrogens with zero attached hydrogens (tertiary/aromatic N) is 1. The Bertz CT molecular complexity index is 1190. The van der Waals surface area contributed by atoms with E-state index in [2.05, 4.69) is 23.9 Å². The maximum atomic E-state index is 12.8. The lowest BCUT2D eigenvalue weighted by molar-refractivity contribution is -0.274. The molecule has 0 fully saturated rings. The highest BCUT2D eigenvalue weighted by atomic mass is 35.5. The van der Waals surface area contributed by atoms with Crippen LogP contribution in [-0.4, -0.2) is 36.5 Å². The minimum Gasteiger partial charge on any atom is -0.493 e. The average molecular weight is 524 g/mol. The molecule has 1 aliphatic heterocycles. The molecule has 10 heteroatoms. The van der Waals surface area contributed by atoms with Gasteiger partial charge in [-0.15, -0.1) is 25.6 Å². The molecule has 0 aliphatic carbocycles. The molecule has 3 aromatic rings. The van der Waals surface area contributed by atoms with Crippen molar-refractivity contribution in [3.8, 4) is 33.9 Å². The molecule has 0 unspecified atom stereocenters. The first-order valence-corrected chi connectivity index (χ1v) is 11.5. The number of rotatable bonds is 8. The zero-order valence-corrected chi connectivity index (χ0v) is 20.8. The van der Waals surface area contributed by atoms with Crippen molar-refractivity contribution in [3.05, 3.63) is 60.3 Å². The van der Waals surface area contributed by atoms with Crippen LogP contribution < -0.4 is 20.5 Å². The second-order valence-electron chi connectivity index (χ2n) is 8.91. The molecule has 0 saturated heterocycles. The molecular weight excluding hydrogens is 495 g/mol. The van der Waals surface area contributed by atoms with E-state index in [-0.39, 0.29) is 30.1 Å². The smallest absolute Gasteiger partial charge is 0.493 e. The van der Waals surface area contributed by atoms with E-state index < -0.39 is 6.36 Å². The molecule has 1 atom stereocenters. The Balaban J connectivity index is 0.00000361. The van der Waals surface area contributed by atoms with Crippen LogP contribution in [0, 0.1) is 5.92 Å². The summed E-state index contributed by atoms with van der Waals surface area (Å²) in [6.45, 7) is 5.54. The van der Waals surface area contributed by atoms with E-state index in [1.54, 1.807) is 12.1 Å². The lowest BCUT2D eigenvalue weighted by Gasteiger charge is -2.28. The predicted octanol–water partition coefficient (Wildman–Crippen LogP) is 5.81. The highest BCUT2D eigenvalue weighted by Gasteiger charge is 2.32. The second-order valence-corrected chi connectivity index (χ2v) is 8.91. The number of nitrogens with one attached hydrogen (secondary N) is 1. The molecule has 0 bridgehead atoms. The van der Waals surface area contributed by atoms with Gasteiger partial charge in [-0.1, -0.05) is 26.0 Å². The SMILES string of the molecule is CC(C)COc1ccc(-c2c(-c3cccc(OC(F)(F)F)c3)cc3n2[C@@H](CCN)CNC3=O)cc1.Cl. The molecule has 2 heterocycles. The van der Waals surface area contributed by atoms with Gasteiger partial charge in [-0.3, -0.25) is 4.79 Å². The molecule has 0 spiro atoms. The zero-order valence-electron chi connectivity index (χ0n) is 20.0. The van der Waals surface area contributed by atoms with E-state index in [0.717, 1.165) is 11.3 Å². The van der Waals surface area contributed by atoms with E-state index >= 15 is 0 Å². The van der Waals surface area contributed by atoms with Crippen molar-refractivity contribution in [2.24, 2.45) is 11.7 Å². The van der Waals surface area contributed by atoms with E-state index in [4.69, 9.17) is 10.5 Å². The first kappa shape index (κ1) is 27.4. The van der Waals surface area contributed by atoms with E-state index in [9.17, 15) is 18.0 Å². The van der Waals surface area contributed by atoms with E-state index in [1.165, 1.54) is 18.2 Å². The summed E-state index contributed by atoms with van der Waals surface area (Å²) >= 11 is 0. The van der Waals surface area contributed by atoms with Crippen LogP contribution in [0.3, 0.4) is 0 Å². The third-order valence-corrected chi connectivity index (χ3v) is 5.72. The number of carbonyl (C=O) groups is 1. The van der Waals surface area contributed by atoms with Crippen molar-refractivity contribution in [1.82, 2.24) is 9.88 Å². The molecule has 2 aromatic carbocycles. The van der Waals surface area contributed by atoms with Gasteiger partial charge in [0.2, 0.25) is 0 Å². The van der Waals surface area contributed by atoms with Gasteiger partial charge in [-0.05, 0) is 72.5 Å². The van der Waals surface area contributed by atoms with Crippen molar-refractivity contribution >= 4 is 18.3 Å². The molecule has 4 rings (SSSR count). The third kappa shape index (κ3) is 6.14. The number of aromatic nitrogens is 1. The quantitative estimate of drug-likeness (QED) is 0.390. The summed E-state index contributed by atoms with van der Waals surface area (Å²) in [6, 6.07) is 14.9. The van der Waals surface area contributed by atoms with Crippen LogP contribution in [0.2, 0.25) is 0 Å². The normalized spacial score (nSPS) is 15.2. The van der Waals surface area contributed by atoms with Crippen LogP contribution >= 0.6 is 12.4 Å². The van der Waals surface area contributed by atoms with Gasteiger partial charge < -0.3 is 25.1 Å². The van der Waals surface area contributed by atoms with Gasteiger partial charge in [0, 0.05) is 12.1 Å². The summed E-state index contributed by atoms with van der Waals surface area (Å²) in [7, 11) is 0. The van der Waals surface area contributed by atoms with Crippen molar-refractivity contribution in [1.29, 1.82) is 0 Å². The Kier molecular flexibility index (Phi) is 8.58. The van der Waals surface area contributed by atoms with E-state index in [0.29, 0.717) is 54.6 Å². The van der Waals surface area contributed by atoms with Crippen molar-refractivity contribution in [2.75, 3.05) is 19.7 Å². The highest BCUT2D eigenvalue weighted by molar-refractivity contribution is 5.98. The van der Waals surface area contributed by atoms with Crippen LogP contribution in [0.25, 0.3) is 22.4 Å². The van der Waals surface area contributed by atoms with Gasteiger partial charge in [0.05, 0.1) is 18.3 Å². The zero-order chi connectivity index (χ0) is 25.2. The van der Waals surface area contributed by atoms with Crippen molar-refractivity contribution in [2.45, 2.75) is 32.7 Å². The standard InChI is InChI=1S/C26H28F3N3O3.ClH/c1-16(2)15-34-20-8-6-17(7-9-20)24-22(18-4-3-5-21(12-18)35-26(27,28)29)13-23-25(33)31-14-19(10-11-30)32(23)24;/h3-9,12-13,16,19H,10-11,14-15,30H2,1-2H3,(H,31,33);1H/t19-;/m0./s1. The topological polar surface area (TPSA) is 78.5 Å². The number of amides is 1. The van der Waals surface area contributed by atoms with Crippen LogP contribution in [0.4, 0.5) is 13.2 Å². The van der Waals surface area contributed by atoms with E-state index in [1.807, 2.05) is 28.8 Å². The fraction of sp³-hybridized carbons (Fsp3) is 0.346. The Morgan fingerprint density at radius 2 is 1.81 bits per heavy atom. The summed E-state index contributed by atoms with van der Waals surface area (Å²) in [6.07, 6.45) is -4.18. The van der Waals surface area contributed by atoms with Crippen molar-refractivity contribution in [3.63, 3.8) is 0 Å². The number of ether oxygens (including phenoxy) is 2. The number of nitrogens with two attached hydrogens (primary N) is 1. The first-order valence-electron chi connectivity index (χ1n) is 11.5. The summed E-state index contributed by atoms with van der Waals surface area (Å²) in [5.74, 6) is 0.516. The molecule has 1 aliphatic rings. The van der Waals surface area contributed by atoms with Gasteiger partial charge in [-0.2, -0.15) is 0 Å². The Labute approximate surface area is 214 Å². The average Bonchev–Trinajstić information content (AvgIpc) is 3.21. The van der Waals surface area contributed by atoms with Gasteiger partial charge in [-0.25, -0.2) is 0 Å². The number of carbonyl (C=O) groups excluding carboxylic acids is 1. The first-order chi connectivity index (χ1) is 16.7. The lowest BCUT2D eigenvalue weighted by Crippen LogP contribution is -2.39. The minimum absolute atomic E-state index is 0. The number of alkyl halides is 3. The molecule has 194 valence electrons. The van der Waals surface area contributed by atoms with Crippen molar-refractivity contribution < 1.29 is 27.4 Å². The number of benzene rings is 2. The third-order valence-electron chi connectivity index (χ3n) is 5.72. The fourth-order valence-electron chi connectivity index (χ4n) is 4.24. The second kappa shape index (κ2) is 11.3. The fourth-order valence-corrected chi connectivity index (χ4v) is 4.24. The Morgan fingerprint density at radius 3 is 2.44 bits per heavy atom. The summed E-state index contributed by atoms with van der Waals surface area (Å²) in [4.78, 5) is 12.8. The predicted molar refractivity (Wildman–Crippen MR) is 135 cm³/mol. The number of halogens is 4. The number of fused-ring (bicyclic) bond motifs is 1. The van der Waals surface area contributed by atoms with Gasteiger partial charge in [0.15, 0.2) is 0 Å². The molecular formula is C26H29ClF3N3O3. The maximum Gasteiger partial charge on any atom is 0.573 e. The Morgan fingerprint density at radius 1 is 1.08 bits per heavy atom. The maximum absolute atomic E-state index is 12.8. The molecule has 1 amide bonds. The highest BCUT2D eigenvalue weighted by Crippen LogP contribution is 2.41. The number of hydrogen-bond acceptors (Lipinski definition) is 4. The van der Waals surface area contributed by atoms with Gasteiger partial charge >= 0.3 is 6.36 Å². The summed E-state index contributed by atoms with van der Waals surface area (Å²) in [5, 5.41) is 2.89. The van der Waals surface area contributed by atoms with Crippen LogP contribution in [0.5, 0.6) is 11.5 Å². The monoisotopic (exact) mass is 523 g/mol. The molecule has 0 radical (unpaired) electrons. The summed E-state index contributed by atoms with van der Waals surface area (Å²) in [5.41, 5.74) is 8.95. The van der Waals surface area contributed by atoms with Crippen LogP contribution in [0.1, 0.15) is 36.8 Å². The molecule has 36 heavy (non-hydrogen) atoms. The minimum atomic E-state index is -4.81. The van der Waals surface area contributed by atoms with Crippen LogP contribution in [-0.2, 0) is 0 Å². The Hall–Kier alpha value is -3.17. The molecule has 6 nitrogen and oxygen atoms in total. The molecule has 0 saturated carbocycles. The lowest BCUT2D eigenvalue weighted by atomic mass is 10.0. The van der Waals surface area contributed by atoms with Gasteiger partial charge in [0.1, 0.15) is 17.2 Å². The molecule has 1 aromatic heterocycles. The number of hydrogen-bond donors (Lipinski definition) is 2. The molecule has 3 N–H and O–H groups in total. The largest absolute Gasteiger partial charge is 0.573 e.